The van der Waals surface area contributed by atoms with Gasteiger partial charge in [0.25, 0.3) is 0 Å². The van der Waals surface area contributed by atoms with Crippen LogP contribution in [0.1, 0.15) is 104 Å². The van der Waals surface area contributed by atoms with Crippen LogP contribution in [0.2, 0.25) is 0 Å². The minimum atomic E-state index is -0.178. The van der Waals surface area contributed by atoms with Crippen molar-refractivity contribution in [3.8, 4) is 6.07 Å². The van der Waals surface area contributed by atoms with Crippen LogP contribution >= 0.6 is 0 Å². The standard InChI is InChI=1S/C22H37NO2/c1-3-5-6-7-18-8-10-20(11-9-18)25-21(24)19-12-15-22(17-23,14-4-2)16-13-19/h18-20H,3-16H2,1-2H3. The van der Waals surface area contributed by atoms with E-state index in [4.69, 9.17) is 4.74 Å². The van der Waals surface area contributed by atoms with Gasteiger partial charge in [0.1, 0.15) is 6.10 Å². The van der Waals surface area contributed by atoms with Crippen LogP contribution in [0.15, 0.2) is 0 Å². The molecule has 0 heterocycles. The molecule has 0 saturated heterocycles. The molecule has 142 valence electrons. The van der Waals surface area contributed by atoms with Crippen LogP contribution in [-0.4, -0.2) is 12.1 Å². The monoisotopic (exact) mass is 347 g/mol. The van der Waals surface area contributed by atoms with E-state index in [9.17, 15) is 10.1 Å². The average molecular weight is 348 g/mol. The molecule has 0 spiro atoms. The van der Waals surface area contributed by atoms with Crippen molar-refractivity contribution in [3.05, 3.63) is 0 Å². The number of hydrogen-bond acceptors (Lipinski definition) is 3. The van der Waals surface area contributed by atoms with E-state index in [1.165, 1.54) is 38.5 Å². The van der Waals surface area contributed by atoms with Gasteiger partial charge in [-0.2, -0.15) is 5.26 Å². The van der Waals surface area contributed by atoms with Crippen LogP contribution in [0.3, 0.4) is 0 Å². The third kappa shape index (κ3) is 6.01. The van der Waals surface area contributed by atoms with Gasteiger partial charge in [0, 0.05) is 0 Å². The number of ether oxygens (including phenoxy) is 1. The summed E-state index contributed by atoms with van der Waals surface area (Å²) < 4.78 is 5.84. The second-order valence-electron chi connectivity index (χ2n) is 8.49. The maximum atomic E-state index is 12.5. The molecule has 2 fully saturated rings. The first-order chi connectivity index (χ1) is 12.1. The highest BCUT2D eigenvalue weighted by atomic mass is 16.5. The molecule has 0 aromatic heterocycles. The number of unbranched alkanes of at least 4 members (excludes halogenated alkanes) is 2. The molecule has 25 heavy (non-hydrogen) atoms. The molecule has 0 atom stereocenters. The van der Waals surface area contributed by atoms with Crippen LogP contribution in [0.5, 0.6) is 0 Å². The lowest BCUT2D eigenvalue weighted by molar-refractivity contribution is -0.157. The Bertz CT molecular complexity index is 437. The van der Waals surface area contributed by atoms with Crippen molar-refractivity contribution in [3.63, 3.8) is 0 Å². The second kappa shape index (κ2) is 10.2. The van der Waals surface area contributed by atoms with Gasteiger partial charge < -0.3 is 4.74 Å². The van der Waals surface area contributed by atoms with Crippen LogP contribution in [0.4, 0.5) is 0 Å². The van der Waals surface area contributed by atoms with Crippen molar-refractivity contribution < 1.29 is 9.53 Å². The molecule has 3 nitrogen and oxygen atoms in total. The minimum absolute atomic E-state index is 0.0115. The lowest BCUT2D eigenvalue weighted by Crippen LogP contribution is -2.33. The van der Waals surface area contributed by atoms with Gasteiger partial charge in [0.05, 0.1) is 17.4 Å². The molecule has 0 N–H and O–H groups in total. The largest absolute Gasteiger partial charge is 0.462 e. The summed E-state index contributed by atoms with van der Waals surface area (Å²) in [6.45, 7) is 4.39. The number of esters is 1. The maximum Gasteiger partial charge on any atom is 0.309 e. The smallest absolute Gasteiger partial charge is 0.309 e. The summed E-state index contributed by atoms with van der Waals surface area (Å²) in [4.78, 5) is 12.5. The highest BCUT2D eigenvalue weighted by molar-refractivity contribution is 5.72. The average Bonchev–Trinajstić information content (AvgIpc) is 2.64. The molecule has 3 heteroatoms. The molecule has 0 amide bonds. The zero-order valence-corrected chi connectivity index (χ0v) is 16.4. The number of carbonyl (C=O) groups excluding carboxylic acids is 1. The molecule has 2 aliphatic rings. The lowest BCUT2D eigenvalue weighted by Gasteiger charge is -2.35. The van der Waals surface area contributed by atoms with E-state index in [-0.39, 0.29) is 23.4 Å². The molecule has 0 radical (unpaired) electrons. The van der Waals surface area contributed by atoms with E-state index < -0.39 is 0 Å². The number of nitriles is 1. The Morgan fingerprint density at radius 3 is 2.28 bits per heavy atom. The molecule has 0 aromatic rings. The number of rotatable bonds is 8. The Hall–Kier alpha value is -1.04. The van der Waals surface area contributed by atoms with E-state index in [1.807, 2.05) is 0 Å². The summed E-state index contributed by atoms with van der Waals surface area (Å²) in [5.74, 6) is 0.888. The van der Waals surface area contributed by atoms with Crippen LogP contribution in [0.25, 0.3) is 0 Å². The zero-order chi connectivity index (χ0) is 18.1. The van der Waals surface area contributed by atoms with Gasteiger partial charge in [-0.05, 0) is 63.7 Å². The first-order valence-electron chi connectivity index (χ1n) is 10.7. The number of hydrogen-bond donors (Lipinski definition) is 0. The van der Waals surface area contributed by atoms with Crippen LogP contribution < -0.4 is 0 Å². The van der Waals surface area contributed by atoms with Gasteiger partial charge in [0.2, 0.25) is 0 Å². The van der Waals surface area contributed by atoms with E-state index >= 15 is 0 Å². The van der Waals surface area contributed by atoms with Crippen molar-refractivity contribution in [1.82, 2.24) is 0 Å². The topological polar surface area (TPSA) is 50.1 Å². The van der Waals surface area contributed by atoms with E-state index in [0.717, 1.165) is 57.3 Å². The molecule has 0 unspecified atom stereocenters. The van der Waals surface area contributed by atoms with Crippen molar-refractivity contribution in [2.45, 2.75) is 110 Å². The highest BCUT2D eigenvalue weighted by Crippen LogP contribution is 2.42. The number of nitrogens with zero attached hydrogens (tertiary/aromatic N) is 1. The molecule has 0 bridgehead atoms. The Balaban J connectivity index is 1.69. The summed E-state index contributed by atoms with van der Waals surface area (Å²) >= 11 is 0. The van der Waals surface area contributed by atoms with Crippen molar-refractivity contribution in [2.75, 3.05) is 0 Å². The molecule has 2 saturated carbocycles. The lowest BCUT2D eigenvalue weighted by atomic mass is 9.69. The summed E-state index contributed by atoms with van der Waals surface area (Å²) in [5, 5.41) is 9.49. The van der Waals surface area contributed by atoms with Gasteiger partial charge in [-0.25, -0.2) is 0 Å². The van der Waals surface area contributed by atoms with Crippen molar-refractivity contribution in [2.24, 2.45) is 17.3 Å². The fourth-order valence-corrected chi connectivity index (χ4v) is 4.78. The summed E-state index contributed by atoms with van der Waals surface area (Å²) in [5.41, 5.74) is -0.178. The molecule has 0 aromatic carbocycles. The predicted molar refractivity (Wildman–Crippen MR) is 101 cm³/mol. The van der Waals surface area contributed by atoms with Crippen molar-refractivity contribution >= 4 is 5.97 Å². The Labute approximate surface area is 154 Å². The summed E-state index contributed by atoms with van der Waals surface area (Å²) in [6.07, 6.45) is 15.4. The third-order valence-corrected chi connectivity index (χ3v) is 6.53. The van der Waals surface area contributed by atoms with Crippen LogP contribution in [0, 0.1) is 28.6 Å². The fourth-order valence-electron chi connectivity index (χ4n) is 4.78. The molecule has 2 rings (SSSR count). The number of carbonyl (C=O) groups is 1. The van der Waals surface area contributed by atoms with Gasteiger partial charge in [-0.1, -0.05) is 46.0 Å². The second-order valence-corrected chi connectivity index (χ2v) is 8.49. The molecule has 2 aliphatic carbocycles. The summed E-state index contributed by atoms with van der Waals surface area (Å²) in [7, 11) is 0. The first-order valence-corrected chi connectivity index (χ1v) is 10.7. The van der Waals surface area contributed by atoms with Gasteiger partial charge in [-0.15, -0.1) is 0 Å². The Morgan fingerprint density at radius 1 is 1.04 bits per heavy atom. The van der Waals surface area contributed by atoms with Gasteiger partial charge in [-0.3, -0.25) is 4.79 Å². The van der Waals surface area contributed by atoms with Gasteiger partial charge in [0.15, 0.2) is 0 Å². The minimum Gasteiger partial charge on any atom is -0.462 e. The fraction of sp³-hybridized carbons (Fsp3) is 0.909. The Kier molecular flexibility index (Phi) is 8.27. The maximum absolute atomic E-state index is 12.5. The first kappa shape index (κ1) is 20.3. The van der Waals surface area contributed by atoms with Crippen LogP contribution in [-0.2, 0) is 9.53 Å². The zero-order valence-electron chi connectivity index (χ0n) is 16.4. The molecule has 0 aliphatic heterocycles. The molecular formula is C22H37NO2. The quantitative estimate of drug-likeness (QED) is 0.390. The predicted octanol–water partition coefficient (Wildman–Crippen LogP) is 6.17. The van der Waals surface area contributed by atoms with Crippen molar-refractivity contribution in [1.29, 1.82) is 5.26 Å². The SMILES string of the molecule is CCCCCC1CCC(OC(=O)C2CCC(C#N)(CCC)CC2)CC1. The van der Waals surface area contributed by atoms with E-state index in [1.54, 1.807) is 0 Å². The normalized spacial score (nSPS) is 32.8. The summed E-state index contributed by atoms with van der Waals surface area (Å²) in [6, 6.07) is 2.53. The van der Waals surface area contributed by atoms with E-state index in [0.29, 0.717) is 0 Å². The third-order valence-electron chi connectivity index (χ3n) is 6.53. The van der Waals surface area contributed by atoms with Gasteiger partial charge >= 0.3 is 5.97 Å². The molecular weight excluding hydrogens is 310 g/mol. The Morgan fingerprint density at radius 2 is 1.72 bits per heavy atom. The highest BCUT2D eigenvalue weighted by Gasteiger charge is 2.38. The van der Waals surface area contributed by atoms with E-state index in [2.05, 4.69) is 19.9 Å².